The molecule has 1 aliphatic heterocycles. The molecule has 2 aromatic rings. The first-order chi connectivity index (χ1) is 13.7. The van der Waals surface area contributed by atoms with E-state index in [9.17, 15) is 5.11 Å². The van der Waals surface area contributed by atoms with E-state index in [2.05, 4.69) is 20.0 Å². The molecule has 3 rings (SSSR count). The fourth-order valence-electron chi connectivity index (χ4n) is 3.42. The second-order valence-corrected chi connectivity index (χ2v) is 7.15. The molecule has 0 spiro atoms. The van der Waals surface area contributed by atoms with Crippen molar-refractivity contribution in [3.05, 3.63) is 47.7 Å². The van der Waals surface area contributed by atoms with Crippen molar-refractivity contribution >= 4 is 5.82 Å². The highest BCUT2D eigenvalue weighted by atomic mass is 16.5. The number of anilines is 1. The topological polar surface area (TPSA) is 71.0 Å². The van der Waals surface area contributed by atoms with Crippen molar-refractivity contribution in [2.75, 3.05) is 51.3 Å². The Morgan fingerprint density at radius 3 is 2.71 bits per heavy atom. The zero-order chi connectivity index (χ0) is 19.8. The molecule has 0 amide bonds. The molecule has 1 aliphatic rings. The van der Waals surface area contributed by atoms with Crippen molar-refractivity contribution in [3.8, 4) is 5.75 Å². The lowest BCUT2D eigenvalue weighted by atomic mass is 10.2. The first-order valence-electron chi connectivity index (χ1n) is 9.81. The smallest absolute Gasteiger partial charge is 0.151 e. The predicted octanol–water partition coefficient (Wildman–Crippen LogP) is 1.88. The lowest BCUT2D eigenvalue weighted by molar-refractivity contribution is 0.0104. The van der Waals surface area contributed by atoms with E-state index in [1.54, 1.807) is 7.11 Å². The second kappa shape index (κ2) is 10.4. The van der Waals surface area contributed by atoms with Crippen LogP contribution in [0.4, 0.5) is 5.82 Å². The summed E-state index contributed by atoms with van der Waals surface area (Å²) in [5.41, 5.74) is 1.92. The summed E-state index contributed by atoms with van der Waals surface area (Å²) >= 11 is 0. The number of para-hydroxylation sites is 1. The average molecular weight is 386 g/mol. The van der Waals surface area contributed by atoms with Gasteiger partial charge in [0.05, 0.1) is 32.1 Å². The van der Waals surface area contributed by atoms with Crippen molar-refractivity contribution < 1.29 is 14.6 Å². The Morgan fingerprint density at radius 1 is 1.07 bits per heavy atom. The first-order valence-corrected chi connectivity index (χ1v) is 9.81. The van der Waals surface area contributed by atoms with Crippen molar-refractivity contribution in [2.24, 2.45) is 0 Å². The number of hydrogen-bond donors (Lipinski definition) is 1. The van der Waals surface area contributed by atoms with Crippen LogP contribution in [-0.2, 0) is 11.3 Å². The maximum atomic E-state index is 10.4. The highest BCUT2D eigenvalue weighted by molar-refractivity contribution is 5.37. The summed E-state index contributed by atoms with van der Waals surface area (Å²) in [5, 5.41) is 18.8. The predicted molar refractivity (Wildman–Crippen MR) is 109 cm³/mol. The number of rotatable bonds is 8. The molecule has 1 fully saturated rings. The SMILES string of the molecule is COc1ccccc1COCC(O)CN1CCCN(c2ccc(C)nn2)CC1. The van der Waals surface area contributed by atoms with Crippen LogP contribution in [0.1, 0.15) is 17.7 Å². The Hall–Kier alpha value is -2.22. The quantitative estimate of drug-likeness (QED) is 0.743. The molecule has 152 valence electrons. The lowest BCUT2D eigenvalue weighted by Crippen LogP contribution is -2.37. The molecule has 1 aromatic heterocycles. The van der Waals surface area contributed by atoms with Crippen molar-refractivity contribution in [1.82, 2.24) is 15.1 Å². The van der Waals surface area contributed by atoms with E-state index in [0.29, 0.717) is 19.8 Å². The van der Waals surface area contributed by atoms with Gasteiger partial charge >= 0.3 is 0 Å². The number of β-amino-alcohol motifs (C(OH)–C–C–N with tert-alkyl or cyclic N) is 1. The van der Waals surface area contributed by atoms with Crippen LogP contribution in [0.2, 0.25) is 0 Å². The summed E-state index contributed by atoms with van der Waals surface area (Å²) in [6.45, 7) is 6.97. The molecule has 0 aliphatic carbocycles. The maximum Gasteiger partial charge on any atom is 0.151 e. The molecule has 1 saturated heterocycles. The van der Waals surface area contributed by atoms with E-state index in [4.69, 9.17) is 9.47 Å². The van der Waals surface area contributed by atoms with Gasteiger partial charge in [0.2, 0.25) is 0 Å². The standard InChI is InChI=1S/C21H30N4O3/c1-17-8-9-21(23-22-17)25-11-5-10-24(12-13-25)14-19(26)16-28-15-18-6-3-4-7-20(18)27-2/h3-4,6-9,19,26H,5,10-16H2,1-2H3. The Bertz CT molecular complexity index is 726. The van der Waals surface area contributed by atoms with Gasteiger partial charge in [-0.15, -0.1) is 5.10 Å². The van der Waals surface area contributed by atoms with Crippen molar-refractivity contribution in [3.63, 3.8) is 0 Å². The van der Waals surface area contributed by atoms with Gasteiger partial charge in [-0.3, -0.25) is 4.90 Å². The third-order valence-corrected chi connectivity index (χ3v) is 4.93. The number of aliphatic hydroxyl groups excluding tert-OH is 1. The minimum atomic E-state index is -0.513. The van der Waals surface area contributed by atoms with Gasteiger partial charge in [-0.05, 0) is 38.1 Å². The van der Waals surface area contributed by atoms with Crippen LogP contribution in [0.3, 0.4) is 0 Å². The van der Waals surface area contributed by atoms with Crippen LogP contribution < -0.4 is 9.64 Å². The van der Waals surface area contributed by atoms with Gasteiger partial charge in [0.25, 0.3) is 0 Å². The van der Waals surface area contributed by atoms with Crippen LogP contribution in [0.25, 0.3) is 0 Å². The van der Waals surface area contributed by atoms with E-state index >= 15 is 0 Å². The molecule has 1 aromatic carbocycles. The molecule has 0 radical (unpaired) electrons. The van der Waals surface area contributed by atoms with Crippen LogP contribution >= 0.6 is 0 Å². The summed E-state index contributed by atoms with van der Waals surface area (Å²) in [4.78, 5) is 4.55. The van der Waals surface area contributed by atoms with Crippen molar-refractivity contribution in [1.29, 1.82) is 0 Å². The van der Waals surface area contributed by atoms with E-state index < -0.39 is 6.10 Å². The number of methoxy groups -OCH3 is 1. The van der Waals surface area contributed by atoms with Gasteiger partial charge in [-0.2, -0.15) is 5.10 Å². The van der Waals surface area contributed by atoms with Crippen LogP contribution in [0.15, 0.2) is 36.4 Å². The van der Waals surface area contributed by atoms with E-state index in [1.165, 1.54) is 0 Å². The molecule has 7 heteroatoms. The van der Waals surface area contributed by atoms with E-state index in [0.717, 1.165) is 55.4 Å². The van der Waals surface area contributed by atoms with Crippen molar-refractivity contribution in [2.45, 2.75) is 26.1 Å². The zero-order valence-corrected chi connectivity index (χ0v) is 16.8. The first kappa shape index (κ1) is 20.5. The summed E-state index contributed by atoms with van der Waals surface area (Å²) in [7, 11) is 1.65. The highest BCUT2D eigenvalue weighted by Crippen LogP contribution is 2.18. The maximum absolute atomic E-state index is 10.4. The number of hydrogen-bond acceptors (Lipinski definition) is 7. The number of aliphatic hydroxyl groups is 1. The number of aryl methyl sites for hydroxylation is 1. The third-order valence-electron chi connectivity index (χ3n) is 4.93. The van der Waals surface area contributed by atoms with Crippen LogP contribution in [0, 0.1) is 6.92 Å². The third kappa shape index (κ3) is 5.89. The molecule has 28 heavy (non-hydrogen) atoms. The molecular formula is C21H30N4O3. The van der Waals surface area contributed by atoms with Gasteiger partial charge in [-0.25, -0.2) is 0 Å². The number of ether oxygens (including phenoxy) is 2. The molecule has 7 nitrogen and oxygen atoms in total. The fourth-order valence-corrected chi connectivity index (χ4v) is 3.42. The summed E-state index contributed by atoms with van der Waals surface area (Å²) in [6.07, 6.45) is 0.519. The Labute approximate surface area is 166 Å². The fraction of sp³-hybridized carbons (Fsp3) is 0.524. The zero-order valence-electron chi connectivity index (χ0n) is 16.8. The largest absolute Gasteiger partial charge is 0.496 e. The van der Waals surface area contributed by atoms with Gasteiger partial charge in [0.1, 0.15) is 5.75 Å². The Balaban J connectivity index is 1.42. The molecule has 1 unspecified atom stereocenters. The monoisotopic (exact) mass is 386 g/mol. The van der Waals surface area contributed by atoms with Gasteiger partial charge in [0.15, 0.2) is 5.82 Å². The number of nitrogens with zero attached hydrogens (tertiary/aromatic N) is 4. The van der Waals surface area contributed by atoms with Gasteiger partial charge in [0, 0.05) is 31.7 Å². The molecule has 1 atom stereocenters. The van der Waals surface area contributed by atoms with Crippen LogP contribution in [-0.4, -0.2) is 72.7 Å². The normalized spacial score (nSPS) is 16.6. The lowest BCUT2D eigenvalue weighted by Gasteiger charge is -2.24. The number of benzene rings is 1. The molecule has 0 bridgehead atoms. The average Bonchev–Trinajstić information content (AvgIpc) is 2.94. The molecule has 1 N–H and O–H groups in total. The minimum absolute atomic E-state index is 0.307. The van der Waals surface area contributed by atoms with Gasteiger partial charge < -0.3 is 19.5 Å². The molecule has 0 saturated carbocycles. The molecular weight excluding hydrogens is 356 g/mol. The van der Waals surface area contributed by atoms with E-state index in [-0.39, 0.29) is 0 Å². The summed E-state index contributed by atoms with van der Waals surface area (Å²) in [6, 6.07) is 11.8. The molecule has 2 heterocycles. The van der Waals surface area contributed by atoms with Crippen LogP contribution in [0.5, 0.6) is 5.75 Å². The Kier molecular flexibility index (Phi) is 7.59. The summed E-state index contributed by atoms with van der Waals surface area (Å²) in [5.74, 6) is 1.73. The number of aromatic nitrogens is 2. The Morgan fingerprint density at radius 2 is 1.93 bits per heavy atom. The minimum Gasteiger partial charge on any atom is -0.496 e. The second-order valence-electron chi connectivity index (χ2n) is 7.15. The van der Waals surface area contributed by atoms with Gasteiger partial charge in [-0.1, -0.05) is 18.2 Å². The summed E-state index contributed by atoms with van der Waals surface area (Å²) < 4.78 is 11.0. The highest BCUT2D eigenvalue weighted by Gasteiger charge is 2.18. The van der Waals surface area contributed by atoms with E-state index in [1.807, 2.05) is 43.3 Å².